The lowest BCUT2D eigenvalue weighted by atomic mass is 10.1. The van der Waals surface area contributed by atoms with Gasteiger partial charge in [0.15, 0.2) is 0 Å². The highest BCUT2D eigenvalue weighted by Gasteiger charge is 2.13. The number of benzene rings is 2. The van der Waals surface area contributed by atoms with E-state index in [0.717, 1.165) is 6.07 Å². The number of nitrogens with two attached hydrogens (primary N) is 1. The molecule has 0 spiro atoms. The summed E-state index contributed by atoms with van der Waals surface area (Å²) in [6.07, 6.45) is 0. The minimum atomic E-state index is -0.517. The Labute approximate surface area is 123 Å². The molecule has 20 heavy (non-hydrogen) atoms. The maximum Gasteiger partial charge on any atom is 0.256 e. The van der Waals surface area contributed by atoms with Gasteiger partial charge in [-0.3, -0.25) is 4.79 Å². The Balaban J connectivity index is 2.33. The number of hydrogen-bond acceptors (Lipinski definition) is 3. The molecule has 2 aromatic rings. The minimum Gasteiger partial charge on any atom is -0.399 e. The molecule has 1 amide bonds. The van der Waals surface area contributed by atoms with Crippen LogP contribution in [0.3, 0.4) is 0 Å². The van der Waals surface area contributed by atoms with Gasteiger partial charge >= 0.3 is 0 Å². The van der Waals surface area contributed by atoms with E-state index >= 15 is 0 Å². The standard InChI is InChI=1S/C14H9BrFN3O/c15-12-3-1-9(16)6-11(12)14(20)19-13-4-2-10(18)5-8(13)7-17/h1-6H,18H2,(H,19,20). The van der Waals surface area contributed by atoms with Crippen LogP contribution in [0.2, 0.25) is 0 Å². The molecule has 0 fully saturated rings. The van der Waals surface area contributed by atoms with Crippen LogP contribution >= 0.6 is 15.9 Å². The van der Waals surface area contributed by atoms with Gasteiger partial charge in [0.2, 0.25) is 0 Å². The van der Waals surface area contributed by atoms with E-state index < -0.39 is 11.7 Å². The molecule has 0 saturated carbocycles. The molecular weight excluding hydrogens is 325 g/mol. The quantitative estimate of drug-likeness (QED) is 0.827. The summed E-state index contributed by atoms with van der Waals surface area (Å²) >= 11 is 3.18. The van der Waals surface area contributed by atoms with E-state index in [9.17, 15) is 9.18 Å². The van der Waals surface area contributed by atoms with Crippen molar-refractivity contribution in [2.45, 2.75) is 0 Å². The Morgan fingerprint density at radius 3 is 2.75 bits per heavy atom. The third-order valence-electron chi connectivity index (χ3n) is 2.59. The monoisotopic (exact) mass is 333 g/mol. The molecule has 0 atom stereocenters. The number of hydrogen-bond donors (Lipinski definition) is 2. The summed E-state index contributed by atoms with van der Waals surface area (Å²) in [6.45, 7) is 0. The second-order valence-electron chi connectivity index (χ2n) is 4.00. The van der Waals surface area contributed by atoms with Gasteiger partial charge in [0.1, 0.15) is 11.9 Å². The lowest BCUT2D eigenvalue weighted by Crippen LogP contribution is -2.14. The first-order valence-electron chi connectivity index (χ1n) is 5.57. The third-order valence-corrected chi connectivity index (χ3v) is 3.28. The molecule has 0 radical (unpaired) electrons. The molecular formula is C14H9BrFN3O. The number of amides is 1. The van der Waals surface area contributed by atoms with Crippen LogP contribution in [0.15, 0.2) is 40.9 Å². The van der Waals surface area contributed by atoms with Crippen molar-refractivity contribution in [2.75, 3.05) is 11.1 Å². The zero-order valence-corrected chi connectivity index (χ0v) is 11.7. The van der Waals surface area contributed by atoms with Crippen LogP contribution < -0.4 is 11.1 Å². The van der Waals surface area contributed by atoms with Gasteiger partial charge in [0.25, 0.3) is 5.91 Å². The Bertz CT molecular complexity index is 725. The van der Waals surface area contributed by atoms with Crippen molar-refractivity contribution >= 4 is 33.2 Å². The highest BCUT2D eigenvalue weighted by atomic mass is 79.9. The number of rotatable bonds is 2. The molecule has 4 nitrogen and oxygen atoms in total. The van der Waals surface area contributed by atoms with E-state index in [1.54, 1.807) is 6.07 Å². The van der Waals surface area contributed by atoms with Crippen molar-refractivity contribution in [1.82, 2.24) is 0 Å². The predicted octanol–water partition coefficient (Wildman–Crippen LogP) is 3.29. The molecule has 0 aromatic heterocycles. The molecule has 2 aromatic carbocycles. The number of nitriles is 1. The van der Waals surface area contributed by atoms with Crippen molar-refractivity contribution in [3.63, 3.8) is 0 Å². The molecule has 0 saturated heterocycles. The van der Waals surface area contributed by atoms with E-state index in [2.05, 4.69) is 21.2 Å². The smallest absolute Gasteiger partial charge is 0.256 e. The first kappa shape index (κ1) is 14.0. The van der Waals surface area contributed by atoms with Gasteiger partial charge in [0, 0.05) is 10.2 Å². The van der Waals surface area contributed by atoms with Gasteiger partial charge in [-0.2, -0.15) is 5.26 Å². The number of halogens is 2. The number of carbonyl (C=O) groups excluding carboxylic acids is 1. The largest absolute Gasteiger partial charge is 0.399 e. The normalized spacial score (nSPS) is 9.85. The van der Waals surface area contributed by atoms with Crippen molar-refractivity contribution < 1.29 is 9.18 Å². The van der Waals surface area contributed by atoms with Crippen molar-refractivity contribution in [3.05, 3.63) is 57.8 Å². The number of nitrogens with zero attached hydrogens (tertiary/aromatic N) is 1. The molecule has 0 unspecified atom stereocenters. The zero-order valence-electron chi connectivity index (χ0n) is 10.2. The van der Waals surface area contributed by atoms with Crippen LogP contribution in [0.4, 0.5) is 15.8 Å². The SMILES string of the molecule is N#Cc1cc(N)ccc1NC(=O)c1cc(F)ccc1Br. The molecule has 100 valence electrons. The highest BCUT2D eigenvalue weighted by molar-refractivity contribution is 9.10. The van der Waals surface area contributed by atoms with Crippen LogP contribution in [0.1, 0.15) is 15.9 Å². The van der Waals surface area contributed by atoms with Crippen LogP contribution in [0, 0.1) is 17.1 Å². The van der Waals surface area contributed by atoms with Gasteiger partial charge in [-0.15, -0.1) is 0 Å². The summed E-state index contributed by atoms with van der Waals surface area (Å²) in [5.74, 6) is -1.03. The fourth-order valence-corrected chi connectivity index (χ4v) is 2.05. The van der Waals surface area contributed by atoms with Gasteiger partial charge in [-0.05, 0) is 52.3 Å². The lowest BCUT2D eigenvalue weighted by molar-refractivity contribution is 0.102. The lowest BCUT2D eigenvalue weighted by Gasteiger charge is -2.09. The second-order valence-corrected chi connectivity index (χ2v) is 4.85. The fraction of sp³-hybridized carbons (Fsp3) is 0. The molecule has 0 aliphatic carbocycles. The summed E-state index contributed by atoms with van der Waals surface area (Å²) in [5, 5.41) is 11.6. The van der Waals surface area contributed by atoms with Crippen LogP contribution in [-0.4, -0.2) is 5.91 Å². The van der Waals surface area contributed by atoms with E-state index in [1.165, 1.54) is 24.3 Å². The van der Waals surface area contributed by atoms with Gasteiger partial charge in [0.05, 0.1) is 16.8 Å². The topological polar surface area (TPSA) is 78.9 Å². The first-order valence-corrected chi connectivity index (χ1v) is 6.36. The van der Waals surface area contributed by atoms with E-state index in [0.29, 0.717) is 15.8 Å². The van der Waals surface area contributed by atoms with Crippen molar-refractivity contribution in [1.29, 1.82) is 5.26 Å². The molecule has 3 N–H and O–H groups in total. The van der Waals surface area contributed by atoms with E-state index in [1.807, 2.05) is 6.07 Å². The molecule has 0 aliphatic rings. The number of nitrogens with one attached hydrogen (secondary N) is 1. The Morgan fingerprint density at radius 1 is 1.30 bits per heavy atom. The minimum absolute atomic E-state index is 0.144. The highest BCUT2D eigenvalue weighted by Crippen LogP contribution is 2.22. The third kappa shape index (κ3) is 2.95. The Kier molecular flexibility index (Phi) is 4.01. The van der Waals surface area contributed by atoms with Crippen molar-refractivity contribution in [3.8, 4) is 6.07 Å². The summed E-state index contributed by atoms with van der Waals surface area (Å²) in [4.78, 5) is 12.1. The summed E-state index contributed by atoms with van der Waals surface area (Å²) < 4.78 is 13.6. The molecule has 2 rings (SSSR count). The Morgan fingerprint density at radius 2 is 2.05 bits per heavy atom. The average molecular weight is 334 g/mol. The molecule has 0 heterocycles. The maximum atomic E-state index is 13.2. The predicted molar refractivity (Wildman–Crippen MR) is 77.6 cm³/mol. The average Bonchev–Trinajstić information content (AvgIpc) is 2.43. The maximum absolute atomic E-state index is 13.2. The summed E-state index contributed by atoms with van der Waals surface area (Å²) in [6, 6.07) is 10.3. The van der Waals surface area contributed by atoms with Gasteiger partial charge in [-0.1, -0.05) is 0 Å². The Hall–Kier alpha value is -2.39. The number of carbonyl (C=O) groups is 1. The van der Waals surface area contributed by atoms with Crippen LogP contribution in [0.25, 0.3) is 0 Å². The van der Waals surface area contributed by atoms with E-state index in [4.69, 9.17) is 11.0 Å². The van der Waals surface area contributed by atoms with Gasteiger partial charge < -0.3 is 11.1 Å². The first-order chi connectivity index (χ1) is 9.51. The second kappa shape index (κ2) is 5.72. The van der Waals surface area contributed by atoms with E-state index in [-0.39, 0.29) is 11.1 Å². The summed E-state index contributed by atoms with van der Waals surface area (Å²) in [5.41, 5.74) is 6.70. The molecule has 6 heteroatoms. The molecule has 0 aliphatic heterocycles. The number of nitrogen functional groups attached to an aromatic ring is 1. The van der Waals surface area contributed by atoms with Crippen LogP contribution in [0.5, 0.6) is 0 Å². The molecule has 0 bridgehead atoms. The van der Waals surface area contributed by atoms with Crippen LogP contribution in [-0.2, 0) is 0 Å². The number of anilines is 2. The van der Waals surface area contributed by atoms with Crippen molar-refractivity contribution in [2.24, 2.45) is 0 Å². The zero-order chi connectivity index (χ0) is 14.7. The fourth-order valence-electron chi connectivity index (χ4n) is 1.62. The summed E-state index contributed by atoms with van der Waals surface area (Å²) in [7, 11) is 0. The van der Waals surface area contributed by atoms with Gasteiger partial charge in [-0.25, -0.2) is 4.39 Å².